The lowest BCUT2D eigenvalue weighted by molar-refractivity contribution is 0.199. The van der Waals surface area contributed by atoms with Gasteiger partial charge in [-0.05, 0) is 11.1 Å². The van der Waals surface area contributed by atoms with E-state index in [1.807, 2.05) is 60.3 Å². The fourth-order valence-electron chi connectivity index (χ4n) is 3.02. The van der Waals surface area contributed by atoms with Crippen molar-refractivity contribution >= 4 is 6.03 Å². The van der Waals surface area contributed by atoms with Gasteiger partial charge in [-0.1, -0.05) is 60.7 Å². The van der Waals surface area contributed by atoms with Crippen molar-refractivity contribution in [3.8, 4) is 0 Å². The predicted octanol–water partition coefficient (Wildman–Crippen LogP) is 3.47. The zero-order valence-electron chi connectivity index (χ0n) is 11.7. The maximum absolute atomic E-state index is 12.3. The summed E-state index contributed by atoms with van der Waals surface area (Å²) in [6.45, 7) is 0. The van der Waals surface area contributed by atoms with Gasteiger partial charge in [0.05, 0.1) is 12.1 Å². The van der Waals surface area contributed by atoms with Crippen LogP contribution in [-0.2, 0) is 0 Å². The van der Waals surface area contributed by atoms with E-state index in [2.05, 4.69) is 24.3 Å². The number of benzene rings is 2. The lowest BCUT2D eigenvalue weighted by atomic mass is 9.93. The van der Waals surface area contributed by atoms with E-state index in [0.29, 0.717) is 0 Å². The largest absolute Gasteiger partial charge is 0.320 e. The number of hydrogen-bond donors (Lipinski definition) is 0. The third-order valence-corrected chi connectivity index (χ3v) is 4.02. The SMILES string of the molecule is CN1C(=O)N(C)[C@H](c2ccccc2)[C@H]1c1ccccc1. The lowest BCUT2D eigenvalue weighted by Crippen LogP contribution is -2.26. The third kappa shape index (κ3) is 1.95. The molecular weight excluding hydrogens is 248 g/mol. The summed E-state index contributed by atoms with van der Waals surface area (Å²) in [5, 5.41) is 0. The number of carbonyl (C=O) groups is 1. The zero-order valence-corrected chi connectivity index (χ0v) is 11.7. The summed E-state index contributed by atoms with van der Waals surface area (Å²) in [5.74, 6) is 0. The van der Waals surface area contributed by atoms with Gasteiger partial charge in [-0.15, -0.1) is 0 Å². The van der Waals surface area contributed by atoms with Crippen molar-refractivity contribution < 1.29 is 4.79 Å². The first-order valence-electron chi connectivity index (χ1n) is 6.79. The second-order valence-electron chi connectivity index (χ2n) is 5.22. The fourth-order valence-corrected chi connectivity index (χ4v) is 3.02. The van der Waals surface area contributed by atoms with E-state index < -0.39 is 0 Å². The summed E-state index contributed by atoms with van der Waals surface area (Å²) in [6, 6.07) is 20.6. The van der Waals surface area contributed by atoms with Crippen LogP contribution in [0.15, 0.2) is 60.7 Å². The van der Waals surface area contributed by atoms with Gasteiger partial charge in [0.25, 0.3) is 0 Å². The molecule has 1 heterocycles. The molecule has 3 nitrogen and oxygen atoms in total. The van der Waals surface area contributed by atoms with Crippen LogP contribution in [0, 0.1) is 0 Å². The molecule has 0 saturated carbocycles. The van der Waals surface area contributed by atoms with Gasteiger partial charge in [-0.2, -0.15) is 0 Å². The summed E-state index contributed by atoms with van der Waals surface area (Å²) in [4.78, 5) is 16.0. The average molecular weight is 266 g/mol. The molecule has 20 heavy (non-hydrogen) atoms. The van der Waals surface area contributed by atoms with Crippen LogP contribution >= 0.6 is 0 Å². The molecule has 1 saturated heterocycles. The standard InChI is InChI=1S/C17H18N2O/c1-18-15(13-9-5-3-6-10-13)16(19(2)17(18)20)14-11-7-4-8-12-14/h3-12,15-16H,1-2H3/t15-,16-/m1/s1. The number of hydrogen-bond acceptors (Lipinski definition) is 1. The van der Waals surface area contributed by atoms with Crippen LogP contribution in [0.3, 0.4) is 0 Å². The molecule has 0 radical (unpaired) electrons. The van der Waals surface area contributed by atoms with Crippen LogP contribution in [0.5, 0.6) is 0 Å². The Balaban J connectivity index is 2.07. The third-order valence-electron chi connectivity index (χ3n) is 4.02. The first-order valence-corrected chi connectivity index (χ1v) is 6.79. The van der Waals surface area contributed by atoms with Crippen molar-refractivity contribution in [2.45, 2.75) is 12.1 Å². The second kappa shape index (κ2) is 5.00. The van der Waals surface area contributed by atoms with Crippen molar-refractivity contribution in [3.63, 3.8) is 0 Å². The van der Waals surface area contributed by atoms with Crippen LogP contribution in [0.2, 0.25) is 0 Å². The molecule has 3 rings (SSSR count). The zero-order chi connectivity index (χ0) is 14.1. The number of likely N-dealkylation sites (N-methyl/N-ethyl adjacent to an activating group) is 2. The fraction of sp³-hybridized carbons (Fsp3) is 0.235. The van der Waals surface area contributed by atoms with E-state index in [0.717, 1.165) is 0 Å². The summed E-state index contributed by atoms with van der Waals surface area (Å²) >= 11 is 0. The van der Waals surface area contributed by atoms with Crippen molar-refractivity contribution in [1.29, 1.82) is 0 Å². The van der Waals surface area contributed by atoms with Crippen molar-refractivity contribution in [2.75, 3.05) is 14.1 Å². The van der Waals surface area contributed by atoms with Crippen molar-refractivity contribution in [1.82, 2.24) is 9.80 Å². The van der Waals surface area contributed by atoms with Gasteiger partial charge >= 0.3 is 6.03 Å². The number of carbonyl (C=O) groups excluding carboxylic acids is 1. The van der Waals surface area contributed by atoms with Gasteiger partial charge < -0.3 is 9.80 Å². The average Bonchev–Trinajstić information content (AvgIpc) is 2.73. The molecule has 102 valence electrons. The Morgan fingerprint density at radius 2 is 1.05 bits per heavy atom. The molecule has 0 spiro atoms. The first kappa shape index (κ1) is 12.7. The Bertz CT molecular complexity index is 543. The molecular formula is C17H18N2O. The Morgan fingerprint density at radius 3 is 1.40 bits per heavy atom. The second-order valence-corrected chi connectivity index (χ2v) is 5.22. The van der Waals surface area contributed by atoms with Crippen LogP contribution in [-0.4, -0.2) is 29.9 Å². The monoisotopic (exact) mass is 266 g/mol. The number of rotatable bonds is 2. The van der Waals surface area contributed by atoms with Gasteiger partial charge in [0, 0.05) is 14.1 Å². The molecule has 2 aromatic rings. The van der Waals surface area contributed by atoms with Crippen LogP contribution < -0.4 is 0 Å². The summed E-state index contributed by atoms with van der Waals surface area (Å²) in [7, 11) is 3.75. The highest BCUT2D eigenvalue weighted by Gasteiger charge is 2.43. The highest BCUT2D eigenvalue weighted by Crippen LogP contribution is 2.42. The van der Waals surface area contributed by atoms with E-state index >= 15 is 0 Å². The Morgan fingerprint density at radius 1 is 0.700 bits per heavy atom. The molecule has 1 fully saturated rings. The number of nitrogens with zero attached hydrogens (tertiary/aromatic N) is 2. The molecule has 0 aromatic heterocycles. The molecule has 0 aliphatic carbocycles. The Labute approximate surface area is 119 Å². The molecule has 0 unspecified atom stereocenters. The summed E-state index contributed by atoms with van der Waals surface area (Å²) < 4.78 is 0. The minimum absolute atomic E-state index is 0.0519. The molecule has 1 aliphatic heterocycles. The summed E-state index contributed by atoms with van der Waals surface area (Å²) in [6.07, 6.45) is 0. The lowest BCUT2D eigenvalue weighted by Gasteiger charge is -2.26. The van der Waals surface area contributed by atoms with Gasteiger partial charge in [0.2, 0.25) is 0 Å². The van der Waals surface area contributed by atoms with Crippen molar-refractivity contribution in [2.24, 2.45) is 0 Å². The first-order chi connectivity index (χ1) is 9.70. The Hall–Kier alpha value is -2.29. The van der Waals surface area contributed by atoms with Crippen LogP contribution in [0.1, 0.15) is 23.2 Å². The minimum Gasteiger partial charge on any atom is -0.318 e. The molecule has 0 bridgehead atoms. The maximum Gasteiger partial charge on any atom is 0.320 e. The normalized spacial score (nSPS) is 22.4. The topological polar surface area (TPSA) is 23.6 Å². The van der Waals surface area contributed by atoms with Gasteiger partial charge in [-0.3, -0.25) is 0 Å². The quantitative estimate of drug-likeness (QED) is 0.816. The minimum atomic E-state index is 0.0519. The molecule has 2 amide bonds. The van der Waals surface area contributed by atoms with Gasteiger partial charge in [0.15, 0.2) is 0 Å². The van der Waals surface area contributed by atoms with Gasteiger partial charge in [-0.25, -0.2) is 4.79 Å². The smallest absolute Gasteiger partial charge is 0.318 e. The van der Waals surface area contributed by atoms with E-state index in [1.165, 1.54) is 11.1 Å². The van der Waals surface area contributed by atoms with Crippen molar-refractivity contribution in [3.05, 3.63) is 71.8 Å². The van der Waals surface area contributed by atoms with E-state index in [1.54, 1.807) is 0 Å². The molecule has 3 heteroatoms. The number of urea groups is 1. The number of amides is 2. The highest BCUT2D eigenvalue weighted by molar-refractivity contribution is 5.78. The maximum atomic E-state index is 12.3. The van der Waals surface area contributed by atoms with Crippen LogP contribution in [0.4, 0.5) is 4.79 Å². The molecule has 1 aliphatic rings. The van der Waals surface area contributed by atoms with E-state index in [-0.39, 0.29) is 18.1 Å². The predicted molar refractivity (Wildman–Crippen MR) is 79.3 cm³/mol. The molecule has 2 atom stereocenters. The summed E-state index contributed by atoms with van der Waals surface area (Å²) in [5.41, 5.74) is 2.34. The Kier molecular flexibility index (Phi) is 3.18. The molecule has 2 aromatic carbocycles. The van der Waals surface area contributed by atoms with Crippen LogP contribution in [0.25, 0.3) is 0 Å². The van der Waals surface area contributed by atoms with E-state index in [9.17, 15) is 4.79 Å². The molecule has 0 N–H and O–H groups in total. The van der Waals surface area contributed by atoms with E-state index in [4.69, 9.17) is 0 Å². The highest BCUT2D eigenvalue weighted by atomic mass is 16.2. The van der Waals surface area contributed by atoms with Gasteiger partial charge in [0.1, 0.15) is 0 Å².